The van der Waals surface area contributed by atoms with Crippen molar-refractivity contribution >= 4 is 5.91 Å². The zero-order valence-electron chi connectivity index (χ0n) is 11.2. The molecule has 1 aliphatic carbocycles. The average Bonchev–Trinajstić information content (AvgIpc) is 2.92. The van der Waals surface area contributed by atoms with Crippen molar-refractivity contribution in [1.29, 1.82) is 0 Å². The van der Waals surface area contributed by atoms with Gasteiger partial charge in [0.25, 0.3) is 5.91 Å². The Kier molecular flexibility index (Phi) is 4.53. The second kappa shape index (κ2) is 6.15. The summed E-state index contributed by atoms with van der Waals surface area (Å²) in [5.41, 5.74) is 0.973. The molecule has 0 atom stereocenters. The molecule has 1 aliphatic rings. The Morgan fingerprint density at radius 3 is 2.68 bits per heavy atom. The lowest BCUT2D eigenvalue weighted by Crippen LogP contribution is -2.40. The summed E-state index contributed by atoms with van der Waals surface area (Å²) in [6.07, 6.45) is 4.24. The van der Waals surface area contributed by atoms with Gasteiger partial charge in [0.05, 0.1) is 6.61 Å². The molecule has 1 N–H and O–H groups in total. The number of amides is 1. The van der Waals surface area contributed by atoms with Gasteiger partial charge < -0.3 is 10.0 Å². The van der Waals surface area contributed by atoms with Gasteiger partial charge in [-0.2, -0.15) is 0 Å². The molecule has 19 heavy (non-hydrogen) atoms. The van der Waals surface area contributed by atoms with Crippen LogP contribution in [0.3, 0.4) is 0 Å². The molecule has 0 spiro atoms. The highest BCUT2D eigenvalue weighted by Gasteiger charge is 2.27. The highest BCUT2D eigenvalue weighted by molar-refractivity contribution is 5.94. The summed E-state index contributed by atoms with van der Waals surface area (Å²) in [6.45, 7) is 1.96. The largest absolute Gasteiger partial charge is 0.395 e. The summed E-state index contributed by atoms with van der Waals surface area (Å²) in [6, 6.07) is 4.64. The second-order valence-electron chi connectivity index (χ2n) is 5.12. The Morgan fingerprint density at radius 1 is 1.42 bits per heavy atom. The summed E-state index contributed by atoms with van der Waals surface area (Å²) in [4.78, 5) is 14.2. The monoisotopic (exact) mass is 265 g/mol. The molecule has 1 fully saturated rings. The summed E-state index contributed by atoms with van der Waals surface area (Å²) in [7, 11) is 0. The van der Waals surface area contributed by atoms with E-state index in [2.05, 4.69) is 0 Å². The van der Waals surface area contributed by atoms with Crippen LogP contribution in [-0.2, 0) is 0 Å². The fourth-order valence-electron chi connectivity index (χ4n) is 2.72. The molecule has 0 bridgehead atoms. The molecule has 0 saturated heterocycles. The van der Waals surface area contributed by atoms with Crippen molar-refractivity contribution in [3.8, 4) is 0 Å². The number of rotatable bonds is 4. The number of aryl methyl sites for hydroxylation is 1. The van der Waals surface area contributed by atoms with E-state index in [1.54, 1.807) is 17.9 Å². The van der Waals surface area contributed by atoms with Crippen molar-refractivity contribution < 1.29 is 14.3 Å². The Balaban J connectivity index is 2.20. The summed E-state index contributed by atoms with van der Waals surface area (Å²) in [5, 5.41) is 9.14. The molecule has 2 rings (SSSR count). The molecule has 3 nitrogen and oxygen atoms in total. The normalized spacial score (nSPS) is 15.7. The van der Waals surface area contributed by atoms with Gasteiger partial charge in [0.15, 0.2) is 0 Å². The predicted octanol–water partition coefficient (Wildman–Crippen LogP) is 2.51. The SMILES string of the molecule is Cc1cc(C(=O)N(CCO)C2CCCC2)ccc1F. The number of halogens is 1. The maximum absolute atomic E-state index is 13.2. The molecule has 4 heteroatoms. The molecule has 1 aromatic carbocycles. The Hall–Kier alpha value is -1.42. The van der Waals surface area contributed by atoms with Gasteiger partial charge >= 0.3 is 0 Å². The average molecular weight is 265 g/mol. The third-order valence-electron chi connectivity index (χ3n) is 3.77. The molecular weight excluding hydrogens is 245 g/mol. The minimum absolute atomic E-state index is 0.0393. The van der Waals surface area contributed by atoms with Gasteiger partial charge in [-0.1, -0.05) is 12.8 Å². The van der Waals surface area contributed by atoms with E-state index < -0.39 is 0 Å². The van der Waals surface area contributed by atoms with Crippen LogP contribution < -0.4 is 0 Å². The van der Waals surface area contributed by atoms with Crippen molar-refractivity contribution in [2.75, 3.05) is 13.2 Å². The zero-order chi connectivity index (χ0) is 13.8. The van der Waals surface area contributed by atoms with Crippen LogP contribution in [0, 0.1) is 12.7 Å². The molecular formula is C15H20FNO2. The maximum Gasteiger partial charge on any atom is 0.254 e. The fourth-order valence-corrected chi connectivity index (χ4v) is 2.72. The number of carbonyl (C=O) groups excluding carboxylic acids is 1. The molecule has 0 radical (unpaired) electrons. The molecule has 0 aliphatic heterocycles. The first-order valence-corrected chi connectivity index (χ1v) is 6.81. The van der Waals surface area contributed by atoms with Crippen LogP contribution in [0.25, 0.3) is 0 Å². The molecule has 0 heterocycles. The van der Waals surface area contributed by atoms with Crippen LogP contribution in [0.4, 0.5) is 4.39 Å². The van der Waals surface area contributed by atoms with Crippen molar-refractivity contribution in [3.05, 3.63) is 35.1 Å². The van der Waals surface area contributed by atoms with E-state index in [0.29, 0.717) is 17.7 Å². The summed E-state index contributed by atoms with van der Waals surface area (Å²) in [5.74, 6) is -0.407. The van der Waals surface area contributed by atoms with Crippen molar-refractivity contribution in [2.24, 2.45) is 0 Å². The quantitative estimate of drug-likeness (QED) is 0.908. The van der Waals surface area contributed by atoms with Crippen molar-refractivity contribution in [2.45, 2.75) is 38.6 Å². The maximum atomic E-state index is 13.2. The minimum atomic E-state index is -0.300. The highest BCUT2D eigenvalue weighted by Crippen LogP contribution is 2.25. The smallest absolute Gasteiger partial charge is 0.254 e. The number of nitrogens with zero attached hydrogens (tertiary/aromatic N) is 1. The van der Waals surface area contributed by atoms with Crippen molar-refractivity contribution in [1.82, 2.24) is 4.90 Å². The highest BCUT2D eigenvalue weighted by atomic mass is 19.1. The van der Waals surface area contributed by atoms with Gasteiger partial charge in [-0.05, 0) is 43.5 Å². The van der Waals surface area contributed by atoms with E-state index in [0.717, 1.165) is 25.7 Å². The lowest BCUT2D eigenvalue weighted by Gasteiger charge is -2.28. The van der Waals surface area contributed by atoms with E-state index in [-0.39, 0.29) is 24.4 Å². The Bertz CT molecular complexity index is 455. The minimum Gasteiger partial charge on any atom is -0.395 e. The van der Waals surface area contributed by atoms with E-state index in [1.165, 1.54) is 12.1 Å². The number of hydrogen-bond donors (Lipinski definition) is 1. The number of aliphatic hydroxyl groups is 1. The molecule has 0 aromatic heterocycles. The Morgan fingerprint density at radius 2 is 2.11 bits per heavy atom. The summed E-state index contributed by atoms with van der Waals surface area (Å²) >= 11 is 0. The van der Waals surface area contributed by atoms with Crippen molar-refractivity contribution in [3.63, 3.8) is 0 Å². The first kappa shape index (κ1) is 14.0. The van der Waals surface area contributed by atoms with E-state index in [1.807, 2.05) is 0 Å². The van der Waals surface area contributed by atoms with Gasteiger partial charge in [0.2, 0.25) is 0 Å². The number of aliphatic hydroxyl groups excluding tert-OH is 1. The van der Waals surface area contributed by atoms with Gasteiger partial charge in [0.1, 0.15) is 5.82 Å². The van der Waals surface area contributed by atoms with Crippen LogP contribution in [0.1, 0.15) is 41.6 Å². The van der Waals surface area contributed by atoms with Gasteiger partial charge in [-0.25, -0.2) is 4.39 Å². The first-order chi connectivity index (χ1) is 9.13. The first-order valence-electron chi connectivity index (χ1n) is 6.81. The van der Waals surface area contributed by atoms with E-state index in [9.17, 15) is 9.18 Å². The molecule has 1 saturated carbocycles. The van der Waals surface area contributed by atoms with E-state index in [4.69, 9.17) is 5.11 Å². The lowest BCUT2D eigenvalue weighted by atomic mass is 10.1. The lowest BCUT2D eigenvalue weighted by molar-refractivity contribution is 0.0638. The van der Waals surface area contributed by atoms with Crippen LogP contribution in [0.15, 0.2) is 18.2 Å². The third kappa shape index (κ3) is 3.13. The number of benzene rings is 1. The second-order valence-corrected chi connectivity index (χ2v) is 5.12. The third-order valence-corrected chi connectivity index (χ3v) is 3.77. The van der Waals surface area contributed by atoms with Crippen LogP contribution in [0.2, 0.25) is 0 Å². The van der Waals surface area contributed by atoms with Gasteiger partial charge in [0, 0.05) is 18.2 Å². The predicted molar refractivity (Wildman–Crippen MR) is 71.5 cm³/mol. The number of hydrogen-bond acceptors (Lipinski definition) is 2. The number of carbonyl (C=O) groups is 1. The summed E-state index contributed by atoms with van der Waals surface area (Å²) < 4.78 is 13.2. The molecule has 0 unspecified atom stereocenters. The van der Waals surface area contributed by atoms with Crippen LogP contribution in [0.5, 0.6) is 0 Å². The topological polar surface area (TPSA) is 40.5 Å². The molecule has 104 valence electrons. The van der Waals surface area contributed by atoms with Gasteiger partial charge in [-0.3, -0.25) is 4.79 Å². The van der Waals surface area contributed by atoms with E-state index >= 15 is 0 Å². The standard InChI is InChI=1S/C15H20FNO2/c1-11-10-12(6-7-14(11)16)15(19)17(8-9-18)13-4-2-3-5-13/h6-7,10,13,18H,2-5,8-9H2,1H3. The molecule has 1 aromatic rings. The molecule has 1 amide bonds. The van der Waals surface area contributed by atoms with Crippen LogP contribution in [-0.4, -0.2) is 35.1 Å². The fraction of sp³-hybridized carbons (Fsp3) is 0.533. The van der Waals surface area contributed by atoms with Crippen LogP contribution >= 0.6 is 0 Å². The van der Waals surface area contributed by atoms with Gasteiger partial charge in [-0.15, -0.1) is 0 Å². The Labute approximate surface area is 113 Å². The zero-order valence-corrected chi connectivity index (χ0v) is 11.2.